The maximum Gasteiger partial charge on any atom is 0.238 e. The van der Waals surface area contributed by atoms with Crippen molar-refractivity contribution in [3.05, 3.63) is 16.1 Å². The van der Waals surface area contributed by atoms with Gasteiger partial charge in [0.15, 0.2) is 0 Å². The Hall–Kier alpha value is -0.650. The molecule has 0 N–H and O–H groups in total. The Morgan fingerprint density at radius 2 is 2.35 bits per heavy atom. The number of nitrogens with zero attached hydrogens (tertiary/aromatic N) is 2. The zero-order valence-corrected chi connectivity index (χ0v) is 13.1. The van der Waals surface area contributed by atoms with Gasteiger partial charge in [0.05, 0.1) is 29.9 Å². The first-order valence-corrected chi connectivity index (χ1v) is 8.48. The highest BCUT2D eigenvalue weighted by Crippen LogP contribution is 2.40. The van der Waals surface area contributed by atoms with E-state index in [4.69, 9.17) is 16.3 Å². The van der Waals surface area contributed by atoms with Crippen molar-refractivity contribution >= 4 is 28.8 Å². The number of hydrogen-bond donors (Lipinski definition) is 0. The van der Waals surface area contributed by atoms with Crippen LogP contribution in [-0.4, -0.2) is 40.4 Å². The second-order valence-electron chi connectivity index (χ2n) is 5.55. The number of halogens is 1. The number of aryl methyl sites for hydroxylation is 1. The summed E-state index contributed by atoms with van der Waals surface area (Å²) in [6.45, 7) is 3.34. The first-order valence-electron chi connectivity index (χ1n) is 7.06. The maximum atomic E-state index is 12.2. The number of carbonyl (C=O) groups is 1. The number of rotatable bonds is 5. The first-order chi connectivity index (χ1) is 9.70. The van der Waals surface area contributed by atoms with Gasteiger partial charge in [-0.1, -0.05) is 0 Å². The topological polar surface area (TPSA) is 42.4 Å². The van der Waals surface area contributed by atoms with Crippen molar-refractivity contribution in [2.45, 2.75) is 44.9 Å². The van der Waals surface area contributed by atoms with Crippen LogP contribution in [0.3, 0.4) is 0 Å². The molecule has 2 heterocycles. The van der Waals surface area contributed by atoms with E-state index in [1.165, 1.54) is 12.8 Å². The predicted molar refractivity (Wildman–Crippen MR) is 79.0 cm³/mol. The molecule has 3 rings (SSSR count). The zero-order chi connectivity index (χ0) is 14.1. The molecule has 2 aliphatic rings. The van der Waals surface area contributed by atoms with E-state index in [1.54, 1.807) is 11.3 Å². The van der Waals surface area contributed by atoms with Gasteiger partial charge in [-0.2, -0.15) is 0 Å². The lowest BCUT2D eigenvalue weighted by Gasteiger charge is -2.31. The van der Waals surface area contributed by atoms with Crippen LogP contribution in [0.5, 0.6) is 0 Å². The van der Waals surface area contributed by atoms with Crippen LogP contribution in [0.4, 0.5) is 0 Å². The van der Waals surface area contributed by atoms with Crippen LogP contribution in [0.25, 0.3) is 0 Å². The molecule has 1 aromatic rings. The van der Waals surface area contributed by atoms with Gasteiger partial charge in [0, 0.05) is 11.5 Å². The van der Waals surface area contributed by atoms with Crippen LogP contribution in [0.2, 0.25) is 0 Å². The minimum Gasteiger partial charge on any atom is -0.376 e. The summed E-state index contributed by atoms with van der Waals surface area (Å²) in [5.41, 5.74) is 2.83. The zero-order valence-electron chi connectivity index (χ0n) is 11.5. The third-order valence-electron chi connectivity index (χ3n) is 4.18. The monoisotopic (exact) mass is 314 g/mol. The highest BCUT2D eigenvalue weighted by molar-refractivity contribution is 7.09. The molecule has 20 heavy (non-hydrogen) atoms. The van der Waals surface area contributed by atoms with Gasteiger partial charge in [0.2, 0.25) is 5.91 Å². The lowest BCUT2D eigenvalue weighted by molar-refractivity contribution is -0.133. The van der Waals surface area contributed by atoms with Crippen molar-refractivity contribution in [1.82, 2.24) is 9.88 Å². The van der Waals surface area contributed by atoms with Crippen LogP contribution in [0.15, 0.2) is 5.51 Å². The molecule has 1 aromatic heterocycles. The molecule has 2 fully saturated rings. The average molecular weight is 315 g/mol. The summed E-state index contributed by atoms with van der Waals surface area (Å²) in [7, 11) is 0. The standard InChI is InChI=1S/C14H19ClN2O2S/c1-9-12(20-8-16-9)7-17(13(18)6-15)11-4-5-19-14(11)10-2-3-10/h8,10-11,14H,2-7H2,1H3/t11-,14+/m1/s1. The fourth-order valence-corrected chi connectivity index (χ4v) is 3.84. The summed E-state index contributed by atoms with van der Waals surface area (Å²) in [4.78, 5) is 19.6. The molecule has 0 unspecified atom stereocenters. The summed E-state index contributed by atoms with van der Waals surface area (Å²) in [6, 6.07) is 0.176. The first kappa shape index (κ1) is 14.3. The van der Waals surface area contributed by atoms with Crippen LogP contribution < -0.4 is 0 Å². The van der Waals surface area contributed by atoms with Gasteiger partial charge >= 0.3 is 0 Å². The molecule has 0 aromatic carbocycles. The van der Waals surface area contributed by atoms with Crippen molar-refractivity contribution in [1.29, 1.82) is 0 Å². The van der Waals surface area contributed by atoms with Gasteiger partial charge in [-0.25, -0.2) is 4.98 Å². The molecule has 0 bridgehead atoms. The Morgan fingerprint density at radius 1 is 1.55 bits per heavy atom. The van der Waals surface area contributed by atoms with Crippen molar-refractivity contribution in [2.75, 3.05) is 12.5 Å². The number of thiazole rings is 1. The summed E-state index contributed by atoms with van der Waals surface area (Å²) in [6.07, 6.45) is 3.57. The van der Waals surface area contributed by atoms with Gasteiger partial charge in [-0.15, -0.1) is 22.9 Å². The third kappa shape index (κ3) is 2.85. The lowest BCUT2D eigenvalue weighted by Crippen LogP contribution is -2.45. The van der Waals surface area contributed by atoms with E-state index < -0.39 is 0 Å². The molecule has 4 nitrogen and oxygen atoms in total. The van der Waals surface area contributed by atoms with E-state index in [2.05, 4.69) is 4.98 Å². The number of alkyl halides is 1. The highest BCUT2D eigenvalue weighted by atomic mass is 35.5. The number of carbonyl (C=O) groups excluding carboxylic acids is 1. The Bertz CT molecular complexity index is 489. The van der Waals surface area contributed by atoms with Crippen LogP contribution in [-0.2, 0) is 16.1 Å². The SMILES string of the molecule is Cc1ncsc1CN(C(=O)CCl)[C@@H]1CCO[C@H]1C1CC1. The smallest absolute Gasteiger partial charge is 0.238 e. The Balaban J connectivity index is 1.78. The lowest BCUT2D eigenvalue weighted by atomic mass is 10.0. The minimum atomic E-state index is 0.000571. The second kappa shape index (κ2) is 6.00. The molecule has 0 radical (unpaired) electrons. The predicted octanol–water partition coefficient (Wildman–Crippen LogP) is 2.59. The van der Waals surface area contributed by atoms with Gasteiger partial charge in [-0.3, -0.25) is 4.79 Å². The van der Waals surface area contributed by atoms with Crippen molar-refractivity contribution in [3.8, 4) is 0 Å². The van der Waals surface area contributed by atoms with E-state index in [0.717, 1.165) is 23.6 Å². The molecule has 1 saturated carbocycles. The molecule has 1 saturated heterocycles. The van der Waals surface area contributed by atoms with Gasteiger partial charge in [0.1, 0.15) is 5.88 Å². The molecule has 2 atom stereocenters. The fourth-order valence-electron chi connectivity index (χ4n) is 2.91. The number of ether oxygens (including phenoxy) is 1. The third-order valence-corrected chi connectivity index (χ3v) is 5.33. The van der Waals surface area contributed by atoms with Gasteiger partial charge in [0.25, 0.3) is 0 Å². The van der Waals surface area contributed by atoms with E-state index in [0.29, 0.717) is 12.5 Å². The summed E-state index contributed by atoms with van der Waals surface area (Å²) < 4.78 is 5.87. The largest absolute Gasteiger partial charge is 0.376 e. The summed E-state index contributed by atoms with van der Waals surface area (Å²) in [5, 5.41) is 0. The van der Waals surface area contributed by atoms with Crippen molar-refractivity contribution < 1.29 is 9.53 Å². The van der Waals surface area contributed by atoms with Gasteiger partial charge < -0.3 is 9.64 Å². The van der Waals surface area contributed by atoms with Crippen LogP contribution in [0, 0.1) is 12.8 Å². The number of hydrogen-bond acceptors (Lipinski definition) is 4. The van der Waals surface area contributed by atoms with E-state index >= 15 is 0 Å². The Kier molecular flexibility index (Phi) is 4.29. The molecular weight excluding hydrogens is 296 g/mol. The normalized spacial score (nSPS) is 25.9. The van der Waals surface area contributed by atoms with Crippen LogP contribution >= 0.6 is 22.9 Å². The molecule has 6 heteroatoms. The van der Waals surface area contributed by atoms with E-state index in [9.17, 15) is 4.79 Å². The summed E-state index contributed by atoms with van der Waals surface area (Å²) in [5.74, 6) is 0.669. The van der Waals surface area contributed by atoms with Crippen molar-refractivity contribution in [2.24, 2.45) is 5.92 Å². The molecule has 1 amide bonds. The molecule has 1 aliphatic carbocycles. The fraction of sp³-hybridized carbons (Fsp3) is 0.714. The maximum absolute atomic E-state index is 12.2. The Morgan fingerprint density at radius 3 is 2.95 bits per heavy atom. The van der Waals surface area contributed by atoms with E-state index in [1.807, 2.05) is 17.3 Å². The molecule has 110 valence electrons. The molecular formula is C14H19ClN2O2S. The van der Waals surface area contributed by atoms with Crippen LogP contribution in [0.1, 0.15) is 29.8 Å². The van der Waals surface area contributed by atoms with E-state index in [-0.39, 0.29) is 23.9 Å². The van der Waals surface area contributed by atoms with Crippen molar-refractivity contribution in [3.63, 3.8) is 0 Å². The quantitative estimate of drug-likeness (QED) is 0.785. The number of aromatic nitrogens is 1. The molecule has 1 aliphatic heterocycles. The Labute approximate surface area is 128 Å². The number of amides is 1. The summed E-state index contributed by atoms with van der Waals surface area (Å²) >= 11 is 7.40. The van der Waals surface area contributed by atoms with Gasteiger partial charge in [-0.05, 0) is 32.1 Å². The minimum absolute atomic E-state index is 0.000571. The molecule has 0 spiro atoms. The average Bonchev–Trinajstić information content (AvgIpc) is 3.05. The second-order valence-corrected chi connectivity index (χ2v) is 6.75. The highest BCUT2D eigenvalue weighted by Gasteiger charge is 2.44.